The van der Waals surface area contributed by atoms with Gasteiger partial charge in [-0.2, -0.15) is 0 Å². The summed E-state index contributed by atoms with van der Waals surface area (Å²) in [6.07, 6.45) is 3.58. The molecule has 8 heteroatoms. The van der Waals surface area contributed by atoms with Crippen LogP contribution in [0.5, 0.6) is 0 Å². The number of hydrogen-bond acceptors (Lipinski definition) is 5. The van der Waals surface area contributed by atoms with Crippen LogP contribution < -0.4 is 5.56 Å². The summed E-state index contributed by atoms with van der Waals surface area (Å²) < 4.78 is 2.92. The lowest BCUT2D eigenvalue weighted by atomic mass is 9.91. The topological polar surface area (TPSA) is 75.4 Å². The summed E-state index contributed by atoms with van der Waals surface area (Å²) in [5, 5.41) is 11.0. The summed E-state index contributed by atoms with van der Waals surface area (Å²) in [6.45, 7) is 1.19. The van der Waals surface area contributed by atoms with Gasteiger partial charge in [0, 0.05) is 19.5 Å². The molecule has 1 aliphatic rings. The third kappa shape index (κ3) is 4.60. The quantitative estimate of drug-likeness (QED) is 0.614. The highest BCUT2D eigenvalue weighted by Gasteiger charge is 2.34. The van der Waals surface area contributed by atoms with Crippen LogP contribution in [0.4, 0.5) is 0 Å². The number of carbonyl (C=O) groups is 1. The van der Waals surface area contributed by atoms with Gasteiger partial charge < -0.3 is 10.0 Å². The van der Waals surface area contributed by atoms with Crippen LogP contribution in [0.15, 0.2) is 51.3 Å². The zero-order valence-electron chi connectivity index (χ0n) is 15.9. The van der Waals surface area contributed by atoms with Gasteiger partial charge in [-0.15, -0.1) is 11.3 Å². The smallest absolute Gasteiger partial charge is 0.271 e. The highest BCUT2D eigenvalue weighted by Crippen LogP contribution is 2.27. The van der Waals surface area contributed by atoms with Gasteiger partial charge in [0.25, 0.3) is 5.56 Å². The van der Waals surface area contributed by atoms with E-state index in [4.69, 9.17) is 0 Å². The van der Waals surface area contributed by atoms with Crippen LogP contribution in [-0.2, 0) is 17.8 Å². The molecule has 4 rings (SSSR count). The number of amides is 1. The van der Waals surface area contributed by atoms with Crippen LogP contribution in [-0.4, -0.2) is 44.2 Å². The van der Waals surface area contributed by atoms with Crippen LogP contribution in [0.3, 0.4) is 0 Å². The first-order valence-electron chi connectivity index (χ1n) is 9.62. The van der Waals surface area contributed by atoms with Gasteiger partial charge >= 0.3 is 0 Å². The fourth-order valence-corrected chi connectivity index (χ4v) is 5.22. The predicted octanol–water partition coefficient (Wildman–Crippen LogP) is 3.21. The summed E-state index contributed by atoms with van der Waals surface area (Å²) in [6, 6.07) is 11.8. The number of carbonyl (C=O) groups excluding carboxylic acids is 1. The second-order valence-electron chi connectivity index (χ2n) is 7.53. The number of likely N-dealkylation sites (tertiary alicyclic amines) is 1. The minimum atomic E-state index is -1.01. The van der Waals surface area contributed by atoms with Crippen molar-refractivity contribution in [2.75, 3.05) is 13.1 Å². The summed E-state index contributed by atoms with van der Waals surface area (Å²) in [5.74, 6) is 0.111. The van der Waals surface area contributed by atoms with Crippen molar-refractivity contribution in [3.63, 3.8) is 0 Å². The predicted molar refractivity (Wildman–Crippen MR) is 117 cm³/mol. The number of halogens is 1. The van der Waals surface area contributed by atoms with E-state index in [1.165, 1.54) is 22.2 Å². The van der Waals surface area contributed by atoms with Crippen LogP contribution in [0.2, 0.25) is 0 Å². The lowest BCUT2D eigenvalue weighted by Gasteiger charge is -2.38. The van der Waals surface area contributed by atoms with Gasteiger partial charge in [-0.3, -0.25) is 14.2 Å². The Hall–Kier alpha value is -2.03. The Morgan fingerprint density at radius 1 is 1.24 bits per heavy atom. The van der Waals surface area contributed by atoms with Gasteiger partial charge in [-0.25, -0.2) is 4.98 Å². The number of hydrogen-bond donors (Lipinski definition) is 1. The van der Waals surface area contributed by atoms with Gasteiger partial charge in [0.1, 0.15) is 4.70 Å². The number of thiophene rings is 1. The first-order valence-corrected chi connectivity index (χ1v) is 11.2. The molecule has 0 saturated carbocycles. The van der Waals surface area contributed by atoms with Gasteiger partial charge in [0.15, 0.2) is 0 Å². The minimum Gasteiger partial charge on any atom is -0.388 e. The second kappa shape index (κ2) is 8.38. The average Bonchev–Trinajstić information content (AvgIpc) is 3.11. The van der Waals surface area contributed by atoms with Crippen molar-refractivity contribution in [2.24, 2.45) is 0 Å². The van der Waals surface area contributed by atoms with E-state index in [2.05, 4.69) is 20.9 Å². The molecule has 1 aliphatic heterocycles. The number of rotatable bonds is 5. The van der Waals surface area contributed by atoms with E-state index in [1.807, 2.05) is 41.3 Å². The Balaban J connectivity index is 1.36. The normalized spacial score (nSPS) is 16.3. The molecule has 1 amide bonds. The molecule has 6 nitrogen and oxygen atoms in total. The second-order valence-corrected chi connectivity index (χ2v) is 9.96. The number of aliphatic hydroxyl groups is 1. The monoisotopic (exact) mass is 475 g/mol. The van der Waals surface area contributed by atoms with Crippen molar-refractivity contribution < 1.29 is 9.90 Å². The molecule has 0 spiro atoms. The first kappa shape index (κ1) is 20.3. The van der Waals surface area contributed by atoms with Crippen molar-refractivity contribution >= 4 is 43.4 Å². The lowest BCUT2D eigenvalue weighted by Crippen LogP contribution is -2.49. The zero-order valence-corrected chi connectivity index (χ0v) is 18.3. The molecule has 0 radical (unpaired) electrons. The largest absolute Gasteiger partial charge is 0.388 e. The molecule has 2 aromatic heterocycles. The highest BCUT2D eigenvalue weighted by atomic mass is 79.9. The summed E-state index contributed by atoms with van der Waals surface area (Å²) in [5.41, 5.74) is 0.662. The zero-order chi connectivity index (χ0) is 20.4. The Morgan fingerprint density at radius 2 is 1.97 bits per heavy atom. The molecule has 1 fully saturated rings. The number of nitrogens with zero attached hydrogens (tertiary/aromatic N) is 3. The van der Waals surface area contributed by atoms with Crippen molar-refractivity contribution in [3.05, 3.63) is 62.4 Å². The minimum absolute atomic E-state index is 0.111. The van der Waals surface area contributed by atoms with E-state index in [0.29, 0.717) is 42.6 Å². The number of aryl methyl sites for hydroxylation is 1. The summed E-state index contributed by atoms with van der Waals surface area (Å²) in [4.78, 5) is 31.3. The van der Waals surface area contributed by atoms with E-state index < -0.39 is 5.60 Å². The average molecular weight is 476 g/mol. The Labute approximate surface area is 180 Å². The molecule has 0 unspecified atom stereocenters. The summed E-state index contributed by atoms with van der Waals surface area (Å²) >= 11 is 4.73. The van der Waals surface area contributed by atoms with Crippen molar-refractivity contribution in [3.8, 4) is 0 Å². The maximum absolute atomic E-state index is 12.7. The third-order valence-electron chi connectivity index (χ3n) is 5.46. The lowest BCUT2D eigenvalue weighted by molar-refractivity contribution is -0.135. The Kier molecular flexibility index (Phi) is 5.85. The molecule has 0 atom stereocenters. The SMILES string of the molecule is O=C(CCc1ccccc1)N1CCC(O)(Cn2cnc3cc(Br)sc3c2=O)CC1. The van der Waals surface area contributed by atoms with Crippen LogP contribution in [0.25, 0.3) is 10.2 Å². The number of aromatic nitrogens is 2. The molecule has 3 heterocycles. The van der Waals surface area contributed by atoms with Gasteiger partial charge in [0.05, 0.1) is 27.8 Å². The Bertz CT molecular complexity index is 1070. The molecule has 1 aromatic carbocycles. The van der Waals surface area contributed by atoms with Crippen LogP contribution in [0.1, 0.15) is 24.8 Å². The van der Waals surface area contributed by atoms with Crippen LogP contribution >= 0.6 is 27.3 Å². The van der Waals surface area contributed by atoms with E-state index in [9.17, 15) is 14.7 Å². The summed E-state index contributed by atoms with van der Waals surface area (Å²) in [7, 11) is 0. The third-order valence-corrected chi connectivity index (χ3v) is 7.07. The van der Waals surface area contributed by atoms with Gasteiger partial charge in [-0.1, -0.05) is 30.3 Å². The highest BCUT2D eigenvalue weighted by molar-refractivity contribution is 9.11. The fraction of sp³-hybridized carbons (Fsp3) is 0.381. The standard InChI is InChI=1S/C21H22BrN3O3S/c22-17-12-16-19(29-17)20(27)25(14-23-16)13-21(28)8-10-24(11-9-21)18(26)7-6-15-4-2-1-3-5-15/h1-5,12,14,28H,6-11,13H2. The molecular weight excluding hydrogens is 454 g/mol. The first-order chi connectivity index (χ1) is 13.9. The van der Waals surface area contributed by atoms with E-state index >= 15 is 0 Å². The fourth-order valence-electron chi connectivity index (χ4n) is 3.73. The van der Waals surface area contributed by atoms with Crippen molar-refractivity contribution in [1.29, 1.82) is 0 Å². The molecule has 0 bridgehead atoms. The molecular formula is C21H22BrN3O3S. The van der Waals surface area contributed by atoms with E-state index in [1.54, 1.807) is 0 Å². The maximum atomic E-state index is 12.7. The molecule has 1 saturated heterocycles. The molecule has 1 N–H and O–H groups in total. The number of fused-ring (bicyclic) bond motifs is 1. The van der Waals surface area contributed by atoms with E-state index in [0.717, 1.165) is 15.8 Å². The van der Waals surface area contributed by atoms with Gasteiger partial charge in [0.2, 0.25) is 5.91 Å². The Morgan fingerprint density at radius 3 is 2.69 bits per heavy atom. The molecule has 29 heavy (non-hydrogen) atoms. The van der Waals surface area contributed by atoms with Crippen LogP contribution in [0, 0.1) is 0 Å². The molecule has 152 valence electrons. The molecule has 0 aliphatic carbocycles. The maximum Gasteiger partial charge on any atom is 0.271 e. The van der Waals surface area contributed by atoms with Crippen molar-refractivity contribution in [1.82, 2.24) is 14.5 Å². The molecule has 3 aromatic rings. The van der Waals surface area contributed by atoms with Crippen molar-refractivity contribution in [2.45, 2.75) is 37.8 Å². The number of benzene rings is 1. The van der Waals surface area contributed by atoms with E-state index in [-0.39, 0.29) is 18.0 Å². The van der Waals surface area contributed by atoms with Gasteiger partial charge in [-0.05, 0) is 46.8 Å². The number of piperidine rings is 1.